The van der Waals surface area contributed by atoms with Gasteiger partial charge in [0.1, 0.15) is 5.75 Å². The maximum atomic E-state index is 14.7. The van der Waals surface area contributed by atoms with Gasteiger partial charge >= 0.3 is 6.18 Å². The molecule has 0 saturated heterocycles. The second-order valence-electron chi connectivity index (χ2n) is 9.51. The third-order valence-corrected chi connectivity index (χ3v) is 7.33. The van der Waals surface area contributed by atoms with Gasteiger partial charge in [-0.05, 0) is 47.6 Å². The molecule has 204 valence electrons. The summed E-state index contributed by atoms with van der Waals surface area (Å²) in [5.41, 5.74) is -3.30. The number of alkyl halides is 5. The fraction of sp³-hybridized carbons (Fsp3) is 0.400. The van der Waals surface area contributed by atoms with E-state index in [4.69, 9.17) is 0 Å². The smallest absolute Gasteiger partial charge is 0.351 e. The molecule has 1 fully saturated rings. The number of pyridine rings is 1. The molecule has 0 bridgehead atoms. The summed E-state index contributed by atoms with van der Waals surface area (Å²) >= 11 is 0. The maximum absolute atomic E-state index is 14.7. The van der Waals surface area contributed by atoms with E-state index in [2.05, 4.69) is 15.6 Å². The number of nitrogens with one attached hydrogen (secondary N) is 2. The monoisotopic (exact) mass is 557 g/mol. The largest absolute Gasteiger partial charge is 0.416 e. The molecule has 1 aromatic heterocycles. The van der Waals surface area contributed by atoms with Crippen molar-refractivity contribution in [2.75, 3.05) is 18.6 Å². The molecule has 38 heavy (non-hydrogen) atoms. The molecule has 1 atom stereocenters. The highest BCUT2D eigenvalue weighted by molar-refractivity contribution is 7.91. The van der Waals surface area contributed by atoms with Crippen molar-refractivity contribution in [2.45, 2.75) is 43.3 Å². The van der Waals surface area contributed by atoms with Crippen molar-refractivity contribution in [3.63, 3.8) is 0 Å². The van der Waals surface area contributed by atoms with E-state index in [1.807, 2.05) is 0 Å². The molecule has 1 aromatic carbocycles. The molecule has 1 aliphatic heterocycles. The lowest BCUT2D eigenvalue weighted by molar-refractivity contribution is -0.201. The molecule has 0 unspecified atom stereocenters. The minimum atomic E-state index is -4.97. The number of benzene rings is 1. The number of carbonyl (C=O) groups excluding carboxylic acids is 2. The lowest BCUT2D eigenvalue weighted by Crippen LogP contribution is -2.59. The van der Waals surface area contributed by atoms with Crippen LogP contribution in [0.3, 0.4) is 0 Å². The van der Waals surface area contributed by atoms with Crippen LogP contribution in [0.15, 0.2) is 48.2 Å². The summed E-state index contributed by atoms with van der Waals surface area (Å²) in [6.07, 6.45) is -5.14. The Morgan fingerprint density at radius 1 is 1.16 bits per heavy atom. The zero-order valence-corrected chi connectivity index (χ0v) is 20.9. The first kappa shape index (κ1) is 27.7. The lowest BCUT2D eigenvalue weighted by atomic mass is 9.77. The van der Waals surface area contributed by atoms with Crippen molar-refractivity contribution >= 4 is 27.2 Å². The van der Waals surface area contributed by atoms with Crippen molar-refractivity contribution in [1.29, 1.82) is 0 Å². The van der Waals surface area contributed by atoms with E-state index in [1.165, 1.54) is 12.1 Å². The predicted molar refractivity (Wildman–Crippen MR) is 128 cm³/mol. The Hall–Kier alpha value is -3.35. The fourth-order valence-electron chi connectivity index (χ4n) is 4.41. The Bertz CT molecular complexity index is 1370. The number of aromatic nitrogens is 1. The first-order valence-corrected chi connectivity index (χ1v) is 13.7. The molecule has 2 aliphatic rings. The molecule has 1 aliphatic carbocycles. The van der Waals surface area contributed by atoms with Gasteiger partial charge in [-0.3, -0.25) is 14.6 Å². The Morgan fingerprint density at radius 3 is 2.32 bits per heavy atom. The molecule has 2 amide bonds. The van der Waals surface area contributed by atoms with Crippen LogP contribution >= 0.6 is 0 Å². The summed E-state index contributed by atoms with van der Waals surface area (Å²) in [7, 11) is -3.71. The van der Waals surface area contributed by atoms with Crippen LogP contribution in [-0.4, -0.2) is 49.9 Å². The average Bonchev–Trinajstić information content (AvgIpc) is 3.67. The Kier molecular flexibility index (Phi) is 7.34. The summed E-state index contributed by atoms with van der Waals surface area (Å²) in [4.78, 5) is 29.1. The standard InChI is InChI=1S/C25H24F5N3O4S/c1-38(36,37)13-21(34)32-12-19-18(20-9-6-16(11-31-20)22(26)27)10-24(25(28,29)30,33-23(19)35)17-7-4-15(5-8-17)14-2-3-14/h4-9,11,14,22H,2-3,10,12-13H2,1H3,(H,32,34)(H,33,35)/t24-/m0/s1. The quantitative estimate of drug-likeness (QED) is 0.481. The van der Waals surface area contributed by atoms with Gasteiger partial charge in [0.15, 0.2) is 15.4 Å². The summed E-state index contributed by atoms with van der Waals surface area (Å²) in [6.45, 7) is -0.595. The summed E-state index contributed by atoms with van der Waals surface area (Å²) in [6, 6.07) is 7.88. The van der Waals surface area contributed by atoms with Gasteiger partial charge in [0.05, 0.1) is 5.69 Å². The van der Waals surface area contributed by atoms with Gasteiger partial charge in [0.25, 0.3) is 6.43 Å². The minimum absolute atomic E-state index is 0.153. The van der Waals surface area contributed by atoms with E-state index in [-0.39, 0.29) is 22.4 Å². The van der Waals surface area contributed by atoms with Crippen LogP contribution < -0.4 is 10.6 Å². The third-order valence-electron chi connectivity index (χ3n) is 6.55. The van der Waals surface area contributed by atoms with Crippen LogP contribution in [-0.2, 0) is 25.0 Å². The second kappa shape index (κ2) is 10.1. The molecule has 2 aromatic rings. The fourth-order valence-corrected chi connectivity index (χ4v) is 4.99. The van der Waals surface area contributed by atoms with Crippen LogP contribution in [0.2, 0.25) is 0 Å². The number of nitrogens with zero attached hydrogens (tertiary/aromatic N) is 1. The molecular formula is C25H24F5N3O4S. The topological polar surface area (TPSA) is 105 Å². The summed E-state index contributed by atoms with van der Waals surface area (Å²) in [5, 5.41) is 4.30. The second-order valence-corrected chi connectivity index (χ2v) is 11.7. The predicted octanol–water partition coefficient (Wildman–Crippen LogP) is 3.79. The first-order chi connectivity index (χ1) is 17.7. The summed E-state index contributed by atoms with van der Waals surface area (Å²) < 4.78 is 93.1. The molecule has 13 heteroatoms. The Morgan fingerprint density at radius 2 is 1.82 bits per heavy atom. The van der Waals surface area contributed by atoms with Crippen molar-refractivity contribution in [2.24, 2.45) is 0 Å². The Balaban J connectivity index is 1.78. The van der Waals surface area contributed by atoms with Crippen LogP contribution in [0.25, 0.3) is 5.57 Å². The van der Waals surface area contributed by atoms with Crippen molar-refractivity contribution in [1.82, 2.24) is 15.6 Å². The first-order valence-electron chi connectivity index (χ1n) is 11.6. The third kappa shape index (κ3) is 5.87. The molecule has 1 saturated carbocycles. The van der Waals surface area contributed by atoms with Gasteiger partial charge in [0, 0.05) is 36.6 Å². The summed E-state index contributed by atoms with van der Waals surface area (Å²) in [5.74, 6) is -2.72. The van der Waals surface area contributed by atoms with Crippen molar-refractivity contribution in [3.8, 4) is 0 Å². The molecule has 0 spiro atoms. The number of amides is 2. The Labute approximate surface area is 215 Å². The van der Waals surface area contributed by atoms with E-state index in [1.54, 1.807) is 12.1 Å². The zero-order valence-electron chi connectivity index (χ0n) is 20.1. The number of carbonyl (C=O) groups is 2. The van der Waals surface area contributed by atoms with Crippen LogP contribution in [0.5, 0.6) is 0 Å². The van der Waals surface area contributed by atoms with E-state index in [0.29, 0.717) is 5.92 Å². The van der Waals surface area contributed by atoms with Crippen LogP contribution in [0.4, 0.5) is 22.0 Å². The molecule has 2 heterocycles. The van der Waals surface area contributed by atoms with E-state index < -0.39 is 64.1 Å². The molecule has 4 rings (SSSR count). The van der Waals surface area contributed by atoms with Crippen LogP contribution in [0.1, 0.15) is 54.0 Å². The van der Waals surface area contributed by atoms with Gasteiger partial charge in [0.2, 0.25) is 11.8 Å². The highest BCUT2D eigenvalue weighted by Crippen LogP contribution is 2.49. The SMILES string of the molecule is CS(=O)(=O)CC(=O)NCC1=C(c2ccc(C(F)F)cn2)C[C@](c2ccc(C3CC3)cc2)(C(F)(F)F)NC1=O. The number of halogens is 5. The number of hydrogen-bond donors (Lipinski definition) is 2. The number of rotatable bonds is 8. The zero-order chi connectivity index (χ0) is 27.9. The van der Waals surface area contributed by atoms with E-state index >= 15 is 0 Å². The molecular weight excluding hydrogens is 533 g/mol. The van der Waals surface area contributed by atoms with Gasteiger partial charge in [-0.15, -0.1) is 0 Å². The van der Waals surface area contributed by atoms with E-state index in [0.717, 1.165) is 43.0 Å². The van der Waals surface area contributed by atoms with Crippen LogP contribution in [0, 0.1) is 0 Å². The maximum Gasteiger partial charge on any atom is 0.416 e. The lowest BCUT2D eigenvalue weighted by Gasteiger charge is -2.41. The average molecular weight is 558 g/mol. The van der Waals surface area contributed by atoms with Crippen molar-refractivity contribution in [3.05, 3.63) is 70.6 Å². The normalized spacial score (nSPS) is 20.4. The van der Waals surface area contributed by atoms with Gasteiger partial charge < -0.3 is 10.6 Å². The highest BCUT2D eigenvalue weighted by Gasteiger charge is 2.59. The van der Waals surface area contributed by atoms with Gasteiger partial charge in [-0.25, -0.2) is 17.2 Å². The van der Waals surface area contributed by atoms with E-state index in [9.17, 15) is 40.0 Å². The highest BCUT2D eigenvalue weighted by atomic mass is 32.2. The molecule has 0 radical (unpaired) electrons. The number of hydrogen-bond acceptors (Lipinski definition) is 5. The van der Waals surface area contributed by atoms with Gasteiger partial charge in [-0.2, -0.15) is 13.2 Å². The molecule has 7 nitrogen and oxygen atoms in total. The number of sulfone groups is 1. The molecule has 2 N–H and O–H groups in total. The minimum Gasteiger partial charge on any atom is -0.351 e. The van der Waals surface area contributed by atoms with Gasteiger partial charge in [-0.1, -0.05) is 24.3 Å². The van der Waals surface area contributed by atoms with Crippen molar-refractivity contribution < 1.29 is 40.0 Å².